The molecule has 0 spiro atoms. The molecule has 108 valence electrons. The Labute approximate surface area is 113 Å². The van der Waals surface area contributed by atoms with E-state index < -0.39 is 11.4 Å². The number of ether oxygens (including phenoxy) is 1. The van der Waals surface area contributed by atoms with Gasteiger partial charge in [-0.2, -0.15) is 0 Å². The van der Waals surface area contributed by atoms with E-state index >= 15 is 0 Å². The lowest BCUT2D eigenvalue weighted by atomic mass is 9.90. The Hall–Kier alpha value is -1.10. The third-order valence-corrected chi connectivity index (χ3v) is 4.45. The van der Waals surface area contributed by atoms with E-state index in [-0.39, 0.29) is 5.91 Å². The second kappa shape index (κ2) is 5.90. The van der Waals surface area contributed by atoms with E-state index in [0.717, 1.165) is 32.5 Å². The number of carboxylic acids is 1. The topological polar surface area (TPSA) is 66.8 Å². The van der Waals surface area contributed by atoms with Crippen LogP contribution in [0.4, 0.5) is 0 Å². The molecule has 1 N–H and O–H groups in total. The van der Waals surface area contributed by atoms with Crippen molar-refractivity contribution in [1.82, 2.24) is 4.90 Å². The standard InChI is InChI=1S/C14H23NO4/c1-14(13(17)18)6-7-15(10-14)12(16)3-2-11-4-8-19-9-5-11/h11H,2-10H2,1H3,(H,17,18). The Bertz CT molecular complexity index is 351. The summed E-state index contributed by atoms with van der Waals surface area (Å²) >= 11 is 0. The van der Waals surface area contributed by atoms with E-state index in [1.165, 1.54) is 0 Å². The zero-order chi connectivity index (χ0) is 13.9. The number of likely N-dealkylation sites (tertiary alicyclic amines) is 1. The monoisotopic (exact) mass is 269 g/mol. The van der Waals surface area contributed by atoms with Crippen LogP contribution in [0.15, 0.2) is 0 Å². The minimum Gasteiger partial charge on any atom is -0.481 e. The van der Waals surface area contributed by atoms with Crippen LogP contribution in [0.1, 0.15) is 39.0 Å². The van der Waals surface area contributed by atoms with Crippen LogP contribution in [0.2, 0.25) is 0 Å². The van der Waals surface area contributed by atoms with Gasteiger partial charge in [0.2, 0.25) is 5.91 Å². The van der Waals surface area contributed by atoms with Crippen molar-refractivity contribution >= 4 is 11.9 Å². The molecule has 0 radical (unpaired) electrons. The first-order valence-electron chi connectivity index (χ1n) is 7.10. The smallest absolute Gasteiger partial charge is 0.311 e. The minimum atomic E-state index is -0.799. The van der Waals surface area contributed by atoms with Crippen molar-refractivity contribution < 1.29 is 19.4 Å². The molecule has 2 rings (SSSR count). The molecule has 19 heavy (non-hydrogen) atoms. The number of hydrogen-bond acceptors (Lipinski definition) is 3. The van der Waals surface area contributed by atoms with Gasteiger partial charge in [-0.3, -0.25) is 9.59 Å². The fourth-order valence-electron chi connectivity index (χ4n) is 2.87. The lowest BCUT2D eigenvalue weighted by Crippen LogP contribution is -2.35. The highest BCUT2D eigenvalue weighted by atomic mass is 16.5. The number of rotatable bonds is 4. The summed E-state index contributed by atoms with van der Waals surface area (Å²) in [6.07, 6.45) is 4.09. The molecule has 0 aromatic heterocycles. The molecule has 0 bridgehead atoms. The number of nitrogens with zero attached hydrogens (tertiary/aromatic N) is 1. The van der Waals surface area contributed by atoms with Crippen molar-refractivity contribution in [1.29, 1.82) is 0 Å². The average molecular weight is 269 g/mol. The van der Waals surface area contributed by atoms with Crippen molar-refractivity contribution in [3.05, 3.63) is 0 Å². The zero-order valence-electron chi connectivity index (χ0n) is 11.6. The van der Waals surface area contributed by atoms with Crippen molar-refractivity contribution in [2.45, 2.75) is 39.0 Å². The molecule has 2 fully saturated rings. The van der Waals surface area contributed by atoms with Gasteiger partial charge in [0.1, 0.15) is 0 Å². The number of hydrogen-bond donors (Lipinski definition) is 1. The van der Waals surface area contributed by atoms with Crippen LogP contribution >= 0.6 is 0 Å². The molecule has 0 aliphatic carbocycles. The maximum Gasteiger partial charge on any atom is 0.311 e. The van der Waals surface area contributed by atoms with E-state index in [2.05, 4.69) is 0 Å². The summed E-state index contributed by atoms with van der Waals surface area (Å²) in [5, 5.41) is 9.15. The van der Waals surface area contributed by atoms with Crippen LogP contribution in [-0.2, 0) is 14.3 Å². The molecule has 2 heterocycles. The van der Waals surface area contributed by atoms with E-state index in [9.17, 15) is 9.59 Å². The van der Waals surface area contributed by atoms with Crippen molar-refractivity contribution in [3.8, 4) is 0 Å². The molecular formula is C14H23NO4. The first kappa shape index (κ1) is 14.3. The van der Waals surface area contributed by atoms with Gasteiger partial charge in [-0.15, -0.1) is 0 Å². The Kier molecular flexibility index (Phi) is 4.45. The fourth-order valence-corrected chi connectivity index (χ4v) is 2.87. The molecule has 2 aliphatic heterocycles. The van der Waals surface area contributed by atoms with Gasteiger partial charge in [0.05, 0.1) is 5.41 Å². The highest BCUT2D eigenvalue weighted by Crippen LogP contribution is 2.31. The van der Waals surface area contributed by atoms with Crippen LogP contribution in [0.3, 0.4) is 0 Å². The second-order valence-electron chi connectivity index (χ2n) is 6.03. The molecule has 2 saturated heterocycles. The van der Waals surface area contributed by atoms with E-state index in [1.54, 1.807) is 11.8 Å². The highest BCUT2D eigenvalue weighted by molar-refractivity contribution is 5.80. The summed E-state index contributed by atoms with van der Waals surface area (Å²) in [4.78, 5) is 25.0. The Morgan fingerprint density at radius 3 is 2.63 bits per heavy atom. The fraction of sp³-hybridized carbons (Fsp3) is 0.857. The molecule has 0 saturated carbocycles. The van der Waals surface area contributed by atoms with E-state index in [0.29, 0.717) is 31.8 Å². The van der Waals surface area contributed by atoms with E-state index in [1.807, 2.05) is 0 Å². The molecule has 0 aromatic rings. The predicted octanol–water partition coefficient (Wildman–Crippen LogP) is 1.52. The molecule has 5 nitrogen and oxygen atoms in total. The highest BCUT2D eigenvalue weighted by Gasteiger charge is 2.41. The van der Waals surface area contributed by atoms with Crippen LogP contribution in [0.5, 0.6) is 0 Å². The van der Waals surface area contributed by atoms with Gasteiger partial charge in [0, 0.05) is 32.7 Å². The van der Waals surface area contributed by atoms with Crippen LogP contribution in [0.25, 0.3) is 0 Å². The molecule has 2 aliphatic rings. The summed E-state index contributed by atoms with van der Waals surface area (Å²) < 4.78 is 5.30. The maximum absolute atomic E-state index is 12.1. The lowest BCUT2D eigenvalue weighted by molar-refractivity contribution is -0.147. The summed E-state index contributed by atoms with van der Waals surface area (Å²) in [5.41, 5.74) is -0.756. The van der Waals surface area contributed by atoms with Gasteiger partial charge in [-0.1, -0.05) is 0 Å². The van der Waals surface area contributed by atoms with E-state index in [4.69, 9.17) is 9.84 Å². The van der Waals surface area contributed by atoms with Gasteiger partial charge in [0.25, 0.3) is 0 Å². The number of carboxylic acid groups (broad SMARTS) is 1. The third-order valence-electron chi connectivity index (χ3n) is 4.45. The molecule has 0 aromatic carbocycles. The quantitative estimate of drug-likeness (QED) is 0.840. The van der Waals surface area contributed by atoms with Gasteiger partial charge < -0.3 is 14.7 Å². The molecule has 1 amide bonds. The van der Waals surface area contributed by atoms with Crippen molar-refractivity contribution in [2.75, 3.05) is 26.3 Å². The minimum absolute atomic E-state index is 0.108. The summed E-state index contributed by atoms with van der Waals surface area (Å²) in [5.74, 6) is -0.102. The van der Waals surface area contributed by atoms with Gasteiger partial charge in [-0.25, -0.2) is 0 Å². The molecule has 1 atom stereocenters. The van der Waals surface area contributed by atoms with Gasteiger partial charge in [0.15, 0.2) is 0 Å². The van der Waals surface area contributed by atoms with Crippen LogP contribution < -0.4 is 0 Å². The van der Waals surface area contributed by atoms with Crippen LogP contribution in [-0.4, -0.2) is 48.2 Å². The first-order valence-corrected chi connectivity index (χ1v) is 7.10. The SMILES string of the molecule is CC1(C(=O)O)CCN(C(=O)CCC2CCOCC2)C1. The van der Waals surface area contributed by atoms with Crippen LogP contribution in [0, 0.1) is 11.3 Å². The molecule has 1 unspecified atom stereocenters. The Morgan fingerprint density at radius 2 is 2.05 bits per heavy atom. The Morgan fingerprint density at radius 1 is 1.37 bits per heavy atom. The van der Waals surface area contributed by atoms with Crippen molar-refractivity contribution in [2.24, 2.45) is 11.3 Å². The zero-order valence-corrected chi connectivity index (χ0v) is 11.6. The first-order chi connectivity index (χ1) is 9.01. The van der Waals surface area contributed by atoms with Gasteiger partial charge >= 0.3 is 5.97 Å². The predicted molar refractivity (Wildman–Crippen MR) is 69.7 cm³/mol. The maximum atomic E-state index is 12.1. The molecular weight excluding hydrogens is 246 g/mol. The summed E-state index contributed by atoms with van der Waals surface area (Å²) in [7, 11) is 0. The molecule has 5 heteroatoms. The number of aliphatic carboxylic acids is 1. The second-order valence-corrected chi connectivity index (χ2v) is 6.03. The number of carbonyl (C=O) groups is 2. The lowest BCUT2D eigenvalue weighted by Gasteiger charge is -2.23. The third kappa shape index (κ3) is 3.47. The van der Waals surface area contributed by atoms with Crippen molar-refractivity contribution in [3.63, 3.8) is 0 Å². The number of amides is 1. The Balaban J connectivity index is 1.76. The largest absolute Gasteiger partial charge is 0.481 e. The normalized spacial score (nSPS) is 28.6. The number of carbonyl (C=O) groups excluding carboxylic acids is 1. The average Bonchev–Trinajstić information content (AvgIpc) is 2.81. The summed E-state index contributed by atoms with van der Waals surface area (Å²) in [6, 6.07) is 0. The summed E-state index contributed by atoms with van der Waals surface area (Å²) in [6.45, 7) is 4.27. The van der Waals surface area contributed by atoms with Gasteiger partial charge in [-0.05, 0) is 38.5 Å².